The Morgan fingerprint density at radius 3 is 2.62 bits per heavy atom. The standard InChI is InChI=1S/C32H35NO4.C2H6/c1-6-10-24-19-30(23-11-9-14-29(36-5)21(3)15-16-23)37-31-26(17-20(2)18-27(24)31)22(4)33-28-13-8-7-12-25(28)32(34)35;1-2/h7-14,17-19,22,33H,6,15-16H2,1-5H3,(H,34,35);1-2H3/b14-9-,23-11+,24-10-,29-21-;. The van der Waals surface area contributed by atoms with E-state index in [0.29, 0.717) is 5.69 Å². The number of anilines is 1. The van der Waals surface area contributed by atoms with Gasteiger partial charge in [0, 0.05) is 16.8 Å². The van der Waals surface area contributed by atoms with Crippen LogP contribution in [0.1, 0.15) is 87.0 Å². The second kappa shape index (κ2) is 13.7. The van der Waals surface area contributed by atoms with Crippen molar-refractivity contribution in [1.82, 2.24) is 0 Å². The molecule has 0 radical (unpaired) electrons. The number of carbonyl (C=O) groups is 1. The van der Waals surface area contributed by atoms with Crippen LogP contribution in [0, 0.1) is 6.92 Å². The number of benzene rings is 2. The van der Waals surface area contributed by atoms with Crippen LogP contribution in [0.2, 0.25) is 0 Å². The number of carboxylic acids is 1. The van der Waals surface area contributed by atoms with Gasteiger partial charge in [-0.25, -0.2) is 4.79 Å². The molecule has 5 heteroatoms. The normalized spacial score (nSPS) is 20.4. The topological polar surface area (TPSA) is 67.8 Å². The molecule has 0 spiro atoms. The lowest BCUT2D eigenvalue weighted by atomic mass is 9.91. The molecule has 2 aliphatic rings. The van der Waals surface area contributed by atoms with Gasteiger partial charge >= 0.3 is 5.97 Å². The molecule has 2 aromatic rings. The number of aromatic carboxylic acids is 1. The molecule has 0 saturated carbocycles. The number of nitrogens with one attached hydrogen (secondary N) is 1. The average molecular weight is 528 g/mol. The lowest BCUT2D eigenvalue weighted by molar-refractivity contribution is 0.0698. The van der Waals surface area contributed by atoms with E-state index in [2.05, 4.69) is 56.4 Å². The van der Waals surface area contributed by atoms with Crippen LogP contribution in [0.15, 0.2) is 89.4 Å². The Hall–Kier alpha value is -3.99. The molecule has 39 heavy (non-hydrogen) atoms. The Bertz CT molecular complexity index is 1360. The number of rotatable bonds is 7. The van der Waals surface area contributed by atoms with Crippen LogP contribution < -0.4 is 10.1 Å². The van der Waals surface area contributed by atoms with Crippen LogP contribution in [0.3, 0.4) is 0 Å². The van der Waals surface area contributed by atoms with Crippen LogP contribution >= 0.6 is 0 Å². The lowest BCUT2D eigenvalue weighted by Crippen LogP contribution is -2.15. The van der Waals surface area contributed by atoms with Gasteiger partial charge in [-0.15, -0.1) is 0 Å². The molecular weight excluding hydrogens is 486 g/mol. The van der Waals surface area contributed by atoms with Crippen LogP contribution in [0.5, 0.6) is 5.75 Å². The van der Waals surface area contributed by atoms with Crippen LogP contribution in [0.4, 0.5) is 5.69 Å². The predicted molar refractivity (Wildman–Crippen MR) is 161 cm³/mol. The summed E-state index contributed by atoms with van der Waals surface area (Å²) in [6, 6.07) is 11.1. The van der Waals surface area contributed by atoms with Crippen molar-refractivity contribution < 1.29 is 19.4 Å². The summed E-state index contributed by atoms with van der Waals surface area (Å²) >= 11 is 0. The SMILES string of the molecule is CC.CC/C=C1C=C(/C2=C/C=C\C(OC)=C(/C)CC2)Oc2c/1cc(C)cc2C(C)Nc1ccccc1C(=O)O. The number of allylic oxidation sites excluding steroid dienone is 8. The van der Waals surface area contributed by atoms with E-state index in [1.807, 2.05) is 39.0 Å². The van der Waals surface area contributed by atoms with Crippen LogP contribution in [-0.4, -0.2) is 18.2 Å². The average Bonchev–Trinajstić information content (AvgIpc) is 2.92. The third-order valence-corrected chi connectivity index (χ3v) is 6.76. The molecule has 0 saturated heterocycles. The summed E-state index contributed by atoms with van der Waals surface area (Å²) in [7, 11) is 1.70. The first kappa shape index (κ1) is 29.6. The highest BCUT2D eigenvalue weighted by Gasteiger charge is 2.25. The maximum Gasteiger partial charge on any atom is 0.337 e. The van der Waals surface area contributed by atoms with E-state index in [0.717, 1.165) is 64.4 Å². The molecule has 0 aromatic heterocycles. The molecule has 1 aliphatic heterocycles. The van der Waals surface area contributed by atoms with E-state index in [1.165, 1.54) is 5.57 Å². The Labute approximate surface area is 233 Å². The number of carboxylic acid groups (broad SMARTS) is 1. The van der Waals surface area contributed by atoms with Crippen molar-refractivity contribution in [2.24, 2.45) is 0 Å². The molecule has 206 valence electrons. The van der Waals surface area contributed by atoms with Crippen molar-refractivity contribution in [2.75, 3.05) is 12.4 Å². The third kappa shape index (κ3) is 6.91. The highest BCUT2D eigenvalue weighted by atomic mass is 16.5. The zero-order chi connectivity index (χ0) is 28.5. The number of hydrogen-bond donors (Lipinski definition) is 2. The van der Waals surface area contributed by atoms with E-state index < -0.39 is 5.97 Å². The Kier molecular flexibility index (Phi) is 10.4. The molecule has 5 nitrogen and oxygen atoms in total. The summed E-state index contributed by atoms with van der Waals surface area (Å²) in [5, 5.41) is 13.1. The van der Waals surface area contributed by atoms with Crippen molar-refractivity contribution in [3.63, 3.8) is 0 Å². The molecule has 1 aliphatic carbocycles. The van der Waals surface area contributed by atoms with Crippen molar-refractivity contribution in [3.05, 3.63) is 112 Å². The third-order valence-electron chi connectivity index (χ3n) is 6.76. The van der Waals surface area contributed by atoms with Crippen molar-refractivity contribution in [2.45, 2.75) is 66.8 Å². The Morgan fingerprint density at radius 2 is 1.92 bits per heavy atom. The predicted octanol–water partition coefficient (Wildman–Crippen LogP) is 9.16. The second-order valence-corrected chi connectivity index (χ2v) is 9.53. The maximum absolute atomic E-state index is 11.8. The van der Waals surface area contributed by atoms with Gasteiger partial charge in [-0.05, 0) is 92.7 Å². The van der Waals surface area contributed by atoms with Crippen LogP contribution in [0.25, 0.3) is 5.57 Å². The van der Waals surface area contributed by atoms with E-state index in [-0.39, 0.29) is 11.6 Å². The number of hydrogen-bond acceptors (Lipinski definition) is 4. The Balaban J connectivity index is 0.00000205. The minimum atomic E-state index is -0.957. The van der Waals surface area contributed by atoms with Gasteiger partial charge in [-0.1, -0.05) is 57.2 Å². The molecule has 1 atom stereocenters. The first-order chi connectivity index (χ1) is 18.8. The van der Waals surface area contributed by atoms with Gasteiger partial charge in [-0.2, -0.15) is 0 Å². The van der Waals surface area contributed by atoms with E-state index in [9.17, 15) is 9.90 Å². The van der Waals surface area contributed by atoms with Gasteiger partial charge in [0.2, 0.25) is 0 Å². The van der Waals surface area contributed by atoms with Gasteiger partial charge < -0.3 is 19.9 Å². The fraction of sp³-hybridized carbons (Fsp3) is 0.324. The number of aryl methyl sites for hydroxylation is 1. The number of ether oxygens (including phenoxy) is 2. The molecule has 1 heterocycles. The van der Waals surface area contributed by atoms with Crippen molar-refractivity contribution >= 4 is 17.2 Å². The van der Waals surface area contributed by atoms with Gasteiger partial charge in [0.25, 0.3) is 0 Å². The highest BCUT2D eigenvalue weighted by molar-refractivity contribution is 5.94. The molecule has 0 bridgehead atoms. The summed E-state index contributed by atoms with van der Waals surface area (Å²) in [5.41, 5.74) is 7.46. The molecule has 2 N–H and O–H groups in total. The maximum atomic E-state index is 11.8. The fourth-order valence-corrected chi connectivity index (χ4v) is 4.83. The van der Waals surface area contributed by atoms with Gasteiger partial charge in [0.1, 0.15) is 17.3 Å². The van der Waals surface area contributed by atoms with Crippen molar-refractivity contribution in [3.8, 4) is 5.75 Å². The first-order valence-corrected chi connectivity index (χ1v) is 13.8. The Morgan fingerprint density at radius 1 is 1.18 bits per heavy atom. The minimum Gasteiger partial charge on any atom is -0.497 e. The van der Waals surface area contributed by atoms with E-state index in [4.69, 9.17) is 9.47 Å². The first-order valence-electron chi connectivity index (χ1n) is 13.8. The van der Waals surface area contributed by atoms with Gasteiger partial charge in [0.15, 0.2) is 0 Å². The molecule has 0 amide bonds. The molecule has 1 unspecified atom stereocenters. The molecule has 4 rings (SSSR count). The quantitative estimate of drug-likeness (QED) is 0.376. The molecule has 2 aromatic carbocycles. The van der Waals surface area contributed by atoms with Crippen LogP contribution in [-0.2, 0) is 4.74 Å². The monoisotopic (exact) mass is 527 g/mol. The summed E-state index contributed by atoms with van der Waals surface area (Å²) in [6.45, 7) is 12.4. The van der Waals surface area contributed by atoms with E-state index >= 15 is 0 Å². The summed E-state index contributed by atoms with van der Waals surface area (Å²) in [4.78, 5) is 11.8. The minimum absolute atomic E-state index is 0.183. The van der Waals surface area contributed by atoms with Crippen molar-refractivity contribution in [1.29, 1.82) is 0 Å². The lowest BCUT2D eigenvalue weighted by Gasteiger charge is -2.28. The zero-order valence-electron chi connectivity index (χ0n) is 24.2. The van der Waals surface area contributed by atoms with Gasteiger partial charge in [-0.3, -0.25) is 0 Å². The highest BCUT2D eigenvalue weighted by Crippen LogP contribution is 2.43. The number of para-hydroxylation sites is 1. The summed E-state index contributed by atoms with van der Waals surface area (Å²) in [5.74, 6) is 1.60. The van der Waals surface area contributed by atoms with E-state index in [1.54, 1.807) is 25.3 Å². The summed E-state index contributed by atoms with van der Waals surface area (Å²) in [6.07, 6.45) is 13.1. The molecule has 0 fully saturated rings. The van der Waals surface area contributed by atoms with Gasteiger partial charge in [0.05, 0.1) is 18.7 Å². The summed E-state index contributed by atoms with van der Waals surface area (Å²) < 4.78 is 12.2. The smallest absolute Gasteiger partial charge is 0.337 e. The second-order valence-electron chi connectivity index (χ2n) is 9.53. The molecular formula is C34H41NO4. The fourth-order valence-electron chi connectivity index (χ4n) is 4.83. The number of fused-ring (bicyclic) bond motifs is 1. The number of methoxy groups -OCH3 is 1. The largest absolute Gasteiger partial charge is 0.497 e. The zero-order valence-corrected chi connectivity index (χ0v) is 24.2.